The van der Waals surface area contributed by atoms with Crippen molar-refractivity contribution in [3.8, 4) is 0 Å². The molecule has 0 fully saturated rings. The van der Waals surface area contributed by atoms with E-state index in [0.717, 1.165) is 5.56 Å². The van der Waals surface area contributed by atoms with Crippen molar-refractivity contribution in [1.82, 2.24) is 4.98 Å². The van der Waals surface area contributed by atoms with Crippen LogP contribution < -0.4 is 10.6 Å². The lowest BCUT2D eigenvalue weighted by Gasteiger charge is -2.10. The number of rotatable bonds is 5. The van der Waals surface area contributed by atoms with Gasteiger partial charge in [-0.1, -0.05) is 23.7 Å². The highest BCUT2D eigenvalue weighted by atomic mass is 35.5. The van der Waals surface area contributed by atoms with E-state index in [4.69, 9.17) is 16.3 Å². The van der Waals surface area contributed by atoms with Crippen molar-refractivity contribution in [1.29, 1.82) is 0 Å². The van der Waals surface area contributed by atoms with E-state index in [0.29, 0.717) is 27.6 Å². The Balaban J connectivity index is 1.70. The molecule has 1 amide bonds. The van der Waals surface area contributed by atoms with Crippen LogP contribution in [0, 0.1) is 6.92 Å². The van der Waals surface area contributed by atoms with Crippen LogP contribution in [0.5, 0.6) is 0 Å². The Bertz CT molecular complexity index is 1020. The predicted molar refractivity (Wildman–Crippen MR) is 109 cm³/mol. The smallest absolute Gasteiger partial charge is 0.337 e. The molecule has 0 saturated heterocycles. The number of methoxy groups -OCH3 is 1. The summed E-state index contributed by atoms with van der Waals surface area (Å²) in [5.74, 6) is -0.741. The molecule has 1 heterocycles. The molecular formula is C21H18ClN3O3. The maximum absolute atomic E-state index is 12.4. The Hall–Kier alpha value is -3.38. The van der Waals surface area contributed by atoms with Gasteiger partial charge in [0.25, 0.3) is 5.91 Å². The summed E-state index contributed by atoms with van der Waals surface area (Å²) >= 11 is 6.08. The van der Waals surface area contributed by atoms with Gasteiger partial charge in [0.2, 0.25) is 0 Å². The number of benzene rings is 2. The topological polar surface area (TPSA) is 80.3 Å². The molecule has 0 aliphatic rings. The quantitative estimate of drug-likeness (QED) is 0.605. The van der Waals surface area contributed by atoms with E-state index < -0.39 is 5.97 Å². The van der Waals surface area contributed by atoms with Crippen LogP contribution in [-0.2, 0) is 4.74 Å². The molecule has 28 heavy (non-hydrogen) atoms. The lowest BCUT2D eigenvalue weighted by molar-refractivity contribution is 0.0600. The summed E-state index contributed by atoms with van der Waals surface area (Å²) in [5, 5.41) is 6.52. The number of aromatic nitrogens is 1. The zero-order valence-electron chi connectivity index (χ0n) is 15.3. The molecule has 3 aromatic rings. The number of nitrogens with zero attached hydrogens (tertiary/aromatic N) is 1. The fraction of sp³-hybridized carbons (Fsp3) is 0.0952. The van der Waals surface area contributed by atoms with Gasteiger partial charge in [0.1, 0.15) is 5.69 Å². The summed E-state index contributed by atoms with van der Waals surface area (Å²) in [4.78, 5) is 28.2. The van der Waals surface area contributed by atoms with E-state index in [9.17, 15) is 9.59 Å². The Morgan fingerprint density at radius 2 is 1.82 bits per heavy atom. The molecule has 1 aromatic heterocycles. The summed E-state index contributed by atoms with van der Waals surface area (Å²) in [6, 6.07) is 15.6. The third-order valence-corrected chi connectivity index (χ3v) is 4.49. The molecule has 6 nitrogen and oxygen atoms in total. The number of halogens is 1. The van der Waals surface area contributed by atoms with Crippen LogP contribution in [0.2, 0.25) is 5.02 Å². The van der Waals surface area contributed by atoms with E-state index in [-0.39, 0.29) is 11.6 Å². The van der Waals surface area contributed by atoms with Crippen molar-refractivity contribution >= 4 is 40.5 Å². The molecule has 2 aromatic carbocycles. The van der Waals surface area contributed by atoms with Crippen molar-refractivity contribution in [2.45, 2.75) is 6.92 Å². The monoisotopic (exact) mass is 395 g/mol. The largest absolute Gasteiger partial charge is 0.465 e. The lowest BCUT2D eigenvalue weighted by Crippen LogP contribution is -2.14. The molecular weight excluding hydrogens is 378 g/mol. The number of nitrogens with one attached hydrogen (secondary N) is 2. The molecule has 0 spiro atoms. The molecule has 0 aliphatic carbocycles. The number of esters is 1. The second-order valence-corrected chi connectivity index (χ2v) is 6.40. The summed E-state index contributed by atoms with van der Waals surface area (Å²) in [7, 11) is 1.33. The van der Waals surface area contributed by atoms with Crippen LogP contribution in [0.15, 0.2) is 60.8 Å². The van der Waals surface area contributed by atoms with Crippen molar-refractivity contribution in [2.75, 3.05) is 17.7 Å². The molecule has 7 heteroatoms. The number of carbonyl (C=O) groups is 2. The Kier molecular flexibility index (Phi) is 5.91. The number of carbonyl (C=O) groups excluding carboxylic acids is 2. The van der Waals surface area contributed by atoms with Crippen molar-refractivity contribution in [3.05, 3.63) is 82.6 Å². The molecule has 0 unspecified atom stereocenters. The van der Waals surface area contributed by atoms with Gasteiger partial charge in [-0.2, -0.15) is 0 Å². The molecule has 0 radical (unpaired) electrons. The number of amides is 1. The minimum Gasteiger partial charge on any atom is -0.465 e. The minimum absolute atomic E-state index is 0.272. The van der Waals surface area contributed by atoms with E-state index >= 15 is 0 Å². The maximum atomic E-state index is 12.4. The number of hydrogen-bond acceptors (Lipinski definition) is 5. The summed E-state index contributed by atoms with van der Waals surface area (Å²) in [6.07, 6.45) is 1.55. The molecule has 0 atom stereocenters. The highest BCUT2D eigenvalue weighted by Gasteiger charge is 2.11. The molecule has 0 saturated carbocycles. The Labute approximate surface area is 167 Å². The lowest BCUT2D eigenvalue weighted by atomic mass is 10.2. The first-order valence-corrected chi connectivity index (χ1v) is 8.83. The Morgan fingerprint density at radius 3 is 2.54 bits per heavy atom. The highest BCUT2D eigenvalue weighted by Crippen LogP contribution is 2.23. The number of hydrogen-bond donors (Lipinski definition) is 2. The van der Waals surface area contributed by atoms with Gasteiger partial charge in [-0.05, 0) is 55.0 Å². The van der Waals surface area contributed by atoms with Gasteiger partial charge >= 0.3 is 5.97 Å². The van der Waals surface area contributed by atoms with Gasteiger partial charge in [-0.3, -0.25) is 4.79 Å². The van der Waals surface area contributed by atoms with Gasteiger partial charge in [0, 0.05) is 16.4 Å². The van der Waals surface area contributed by atoms with Crippen LogP contribution in [0.4, 0.5) is 17.1 Å². The van der Waals surface area contributed by atoms with Gasteiger partial charge in [-0.15, -0.1) is 0 Å². The minimum atomic E-state index is -0.412. The number of pyridine rings is 1. The van der Waals surface area contributed by atoms with Crippen molar-refractivity contribution in [3.63, 3.8) is 0 Å². The van der Waals surface area contributed by atoms with Crippen molar-refractivity contribution in [2.24, 2.45) is 0 Å². The first-order valence-electron chi connectivity index (χ1n) is 8.46. The van der Waals surface area contributed by atoms with Gasteiger partial charge in [0.05, 0.1) is 24.6 Å². The predicted octanol–water partition coefficient (Wildman–Crippen LogP) is 4.83. The first kappa shape index (κ1) is 19.4. The summed E-state index contributed by atoms with van der Waals surface area (Å²) < 4.78 is 4.72. The summed E-state index contributed by atoms with van der Waals surface area (Å²) in [6.45, 7) is 1.83. The van der Waals surface area contributed by atoms with E-state index in [1.165, 1.54) is 7.11 Å². The van der Waals surface area contributed by atoms with Crippen LogP contribution in [0.3, 0.4) is 0 Å². The SMILES string of the molecule is COC(=O)c1cccc(Nc2ccc(C(=O)Nc3cccc(Cl)c3C)nc2)c1. The summed E-state index contributed by atoms with van der Waals surface area (Å²) in [5.41, 5.74) is 3.53. The average Bonchev–Trinajstić information content (AvgIpc) is 2.71. The molecule has 0 aliphatic heterocycles. The van der Waals surface area contributed by atoms with Gasteiger partial charge < -0.3 is 15.4 Å². The standard InChI is InChI=1S/C21H18ClN3O3/c1-13-17(22)7-4-8-18(13)25-20(26)19-10-9-16(12-23-19)24-15-6-3-5-14(11-15)21(27)28-2/h3-12,24H,1-2H3,(H,25,26). The molecule has 0 bridgehead atoms. The van der Waals surface area contributed by atoms with Crippen LogP contribution in [-0.4, -0.2) is 24.0 Å². The third kappa shape index (κ3) is 4.47. The molecule has 3 rings (SSSR count). The zero-order valence-corrected chi connectivity index (χ0v) is 16.1. The van der Waals surface area contributed by atoms with Crippen LogP contribution in [0.1, 0.15) is 26.4 Å². The van der Waals surface area contributed by atoms with Gasteiger partial charge in [0.15, 0.2) is 0 Å². The van der Waals surface area contributed by atoms with E-state index in [1.54, 1.807) is 54.7 Å². The van der Waals surface area contributed by atoms with Crippen LogP contribution in [0.25, 0.3) is 0 Å². The fourth-order valence-electron chi connectivity index (χ4n) is 2.54. The third-order valence-electron chi connectivity index (χ3n) is 4.08. The number of anilines is 3. The van der Waals surface area contributed by atoms with Gasteiger partial charge in [-0.25, -0.2) is 9.78 Å². The number of ether oxygens (including phenoxy) is 1. The fourth-order valence-corrected chi connectivity index (χ4v) is 2.71. The van der Waals surface area contributed by atoms with E-state index in [2.05, 4.69) is 15.6 Å². The zero-order chi connectivity index (χ0) is 20.1. The Morgan fingerprint density at radius 1 is 1.04 bits per heavy atom. The maximum Gasteiger partial charge on any atom is 0.337 e. The molecule has 142 valence electrons. The normalized spacial score (nSPS) is 10.2. The first-order chi connectivity index (χ1) is 13.5. The average molecular weight is 396 g/mol. The van der Waals surface area contributed by atoms with E-state index in [1.807, 2.05) is 13.0 Å². The second-order valence-electron chi connectivity index (χ2n) is 6.00. The van der Waals surface area contributed by atoms with Crippen molar-refractivity contribution < 1.29 is 14.3 Å². The molecule has 2 N–H and O–H groups in total. The highest BCUT2D eigenvalue weighted by molar-refractivity contribution is 6.31. The second kappa shape index (κ2) is 8.54. The van der Waals surface area contributed by atoms with Crippen LogP contribution >= 0.6 is 11.6 Å².